The number of anilines is 1. The van der Waals surface area contributed by atoms with E-state index in [0.717, 1.165) is 38.9 Å². The van der Waals surface area contributed by atoms with Crippen LogP contribution in [0.1, 0.15) is 33.0 Å². The van der Waals surface area contributed by atoms with Crippen molar-refractivity contribution in [3.05, 3.63) is 136 Å². The molecule has 0 saturated heterocycles. The molecule has 250 valence electrons. The van der Waals surface area contributed by atoms with E-state index in [-0.39, 0.29) is 19.2 Å². The van der Waals surface area contributed by atoms with Gasteiger partial charge < -0.3 is 20.1 Å². The molecule has 49 heavy (non-hydrogen) atoms. The van der Waals surface area contributed by atoms with Gasteiger partial charge in [-0.1, -0.05) is 72.3 Å². The quantitative estimate of drug-likeness (QED) is 0.124. The van der Waals surface area contributed by atoms with Crippen molar-refractivity contribution in [1.82, 2.24) is 5.32 Å². The normalized spacial score (nSPS) is 12.7. The van der Waals surface area contributed by atoms with Crippen molar-refractivity contribution >= 4 is 39.2 Å². The summed E-state index contributed by atoms with van der Waals surface area (Å²) >= 11 is 6.14. The molecule has 0 radical (unpaired) electrons. The lowest BCUT2D eigenvalue weighted by Gasteiger charge is -2.19. The fraction of sp³-hybridized carbons (Fsp3) is 0.158. The number of carbonyl (C=O) groups excluding carboxylic acids is 2. The van der Waals surface area contributed by atoms with Crippen LogP contribution in [0.3, 0.4) is 0 Å². The van der Waals surface area contributed by atoms with Gasteiger partial charge in [0.25, 0.3) is 16.0 Å². The van der Waals surface area contributed by atoms with Gasteiger partial charge in [-0.15, -0.1) is 0 Å². The summed E-state index contributed by atoms with van der Waals surface area (Å²) in [6, 6.07) is 33.7. The summed E-state index contributed by atoms with van der Waals surface area (Å²) in [7, 11) is -4.19. The number of hydrogen-bond donors (Lipinski definition) is 3. The van der Waals surface area contributed by atoms with Crippen molar-refractivity contribution < 1.29 is 32.0 Å². The molecular formula is C38H33ClN2O7S. The van der Waals surface area contributed by atoms with Gasteiger partial charge in [0.1, 0.15) is 0 Å². The Morgan fingerprint density at radius 1 is 0.816 bits per heavy atom. The van der Waals surface area contributed by atoms with Crippen molar-refractivity contribution in [3.8, 4) is 33.8 Å². The van der Waals surface area contributed by atoms with Gasteiger partial charge in [-0.25, -0.2) is 0 Å². The molecule has 1 aliphatic rings. The Bertz CT molecular complexity index is 2100. The Labute approximate surface area is 289 Å². The third-order valence-electron chi connectivity index (χ3n) is 8.29. The number of fused-ring (bicyclic) bond motifs is 1. The summed E-state index contributed by atoms with van der Waals surface area (Å²) < 4.78 is 41.8. The van der Waals surface area contributed by atoms with Gasteiger partial charge in [0.05, 0.1) is 11.7 Å². The summed E-state index contributed by atoms with van der Waals surface area (Å²) in [6.45, 7) is 1.98. The molecule has 0 fully saturated rings. The summed E-state index contributed by atoms with van der Waals surface area (Å²) in [6.07, 6.45) is 0.349. The van der Waals surface area contributed by atoms with E-state index >= 15 is 0 Å². The fourth-order valence-electron chi connectivity index (χ4n) is 5.68. The molecule has 5 aromatic rings. The number of rotatable bonds is 11. The average Bonchev–Trinajstić information content (AvgIpc) is 3.56. The lowest BCUT2D eigenvalue weighted by molar-refractivity contribution is -0.117. The standard InChI is InChI=1S/C38H33ClN2O7S/c1-24-20-31(39)13-16-33(24)27-10-14-32(15-11-27)41-38(43)34(21-25-2-4-29(5-3-25)37(42)40-18-19-49(44,45)46)28-8-6-26(7-9-28)30-12-17-35-36(22-30)48-23-47-35/h2-17,20,22,34H,18-19,21,23H2,1H3,(H,40,42)(H,41,43)(H,44,45,46). The lowest BCUT2D eigenvalue weighted by Crippen LogP contribution is -2.28. The maximum absolute atomic E-state index is 13.9. The van der Waals surface area contributed by atoms with Gasteiger partial charge in [-0.2, -0.15) is 8.42 Å². The molecule has 0 aliphatic carbocycles. The number of hydrogen-bond acceptors (Lipinski definition) is 6. The van der Waals surface area contributed by atoms with Crippen LogP contribution in [-0.4, -0.2) is 43.9 Å². The molecule has 11 heteroatoms. The molecule has 5 aromatic carbocycles. The van der Waals surface area contributed by atoms with Gasteiger partial charge in [-0.3, -0.25) is 14.1 Å². The van der Waals surface area contributed by atoms with Crippen LogP contribution >= 0.6 is 11.6 Å². The minimum Gasteiger partial charge on any atom is -0.454 e. The van der Waals surface area contributed by atoms with Crippen LogP contribution in [0.25, 0.3) is 22.3 Å². The smallest absolute Gasteiger partial charge is 0.266 e. The van der Waals surface area contributed by atoms with Crippen molar-refractivity contribution in [1.29, 1.82) is 0 Å². The lowest BCUT2D eigenvalue weighted by atomic mass is 9.89. The molecule has 0 aromatic heterocycles. The SMILES string of the molecule is Cc1cc(Cl)ccc1-c1ccc(NC(=O)C(Cc2ccc(C(=O)NCCS(=O)(=O)O)cc2)c2ccc(-c3ccc4c(c3)OCO4)cc2)cc1. The maximum Gasteiger partial charge on any atom is 0.266 e. The van der Waals surface area contributed by atoms with Gasteiger partial charge in [-0.05, 0) is 101 Å². The predicted molar refractivity (Wildman–Crippen MR) is 190 cm³/mol. The van der Waals surface area contributed by atoms with Crippen LogP contribution in [0.15, 0.2) is 109 Å². The van der Waals surface area contributed by atoms with Crippen LogP contribution in [0.4, 0.5) is 5.69 Å². The van der Waals surface area contributed by atoms with Crippen LogP contribution in [-0.2, 0) is 21.3 Å². The van der Waals surface area contributed by atoms with Crippen molar-refractivity contribution in [2.45, 2.75) is 19.3 Å². The molecule has 0 saturated carbocycles. The molecule has 1 heterocycles. The van der Waals surface area contributed by atoms with Gasteiger partial charge in [0.15, 0.2) is 11.5 Å². The number of aryl methyl sites for hydroxylation is 1. The predicted octanol–water partition coefficient (Wildman–Crippen LogP) is 7.29. The summed E-state index contributed by atoms with van der Waals surface area (Å²) in [5.41, 5.74) is 7.63. The number of halogens is 1. The maximum atomic E-state index is 13.9. The monoisotopic (exact) mass is 696 g/mol. The second kappa shape index (κ2) is 14.5. The molecule has 0 bridgehead atoms. The molecule has 1 aliphatic heterocycles. The van der Waals surface area contributed by atoms with Crippen molar-refractivity contribution in [2.75, 3.05) is 24.4 Å². The number of ether oxygens (including phenoxy) is 2. The van der Waals surface area contributed by atoms with E-state index in [1.807, 2.05) is 91.9 Å². The fourth-order valence-corrected chi connectivity index (χ4v) is 6.27. The zero-order valence-corrected chi connectivity index (χ0v) is 28.1. The number of carbonyl (C=O) groups is 2. The van der Waals surface area contributed by atoms with E-state index in [1.54, 1.807) is 24.3 Å². The second-order valence-electron chi connectivity index (χ2n) is 11.7. The number of benzene rings is 5. The van der Waals surface area contributed by atoms with Gasteiger partial charge >= 0.3 is 0 Å². The Hall–Kier alpha value is -5.16. The molecule has 2 amide bonds. The molecule has 9 nitrogen and oxygen atoms in total. The molecule has 6 rings (SSSR count). The first-order valence-corrected chi connectivity index (χ1v) is 17.5. The molecule has 1 atom stereocenters. The Morgan fingerprint density at radius 2 is 1.49 bits per heavy atom. The van der Waals surface area contributed by atoms with Gasteiger partial charge in [0.2, 0.25) is 12.7 Å². The minimum absolute atomic E-state index is 0.192. The van der Waals surface area contributed by atoms with Crippen LogP contribution < -0.4 is 20.1 Å². The highest BCUT2D eigenvalue weighted by Crippen LogP contribution is 2.36. The van der Waals surface area contributed by atoms with E-state index < -0.39 is 27.7 Å². The third-order valence-corrected chi connectivity index (χ3v) is 9.24. The highest BCUT2D eigenvalue weighted by molar-refractivity contribution is 7.85. The topological polar surface area (TPSA) is 131 Å². The second-order valence-corrected chi connectivity index (χ2v) is 13.7. The van der Waals surface area contributed by atoms with E-state index in [9.17, 15) is 18.0 Å². The Kier molecular flexibility index (Phi) is 10.0. The summed E-state index contributed by atoms with van der Waals surface area (Å²) in [5.74, 6) is -0.427. The van der Waals surface area contributed by atoms with E-state index in [1.165, 1.54) is 0 Å². The average molecular weight is 697 g/mol. The zero-order valence-electron chi connectivity index (χ0n) is 26.5. The summed E-state index contributed by atoms with van der Waals surface area (Å²) in [5, 5.41) is 6.23. The van der Waals surface area contributed by atoms with E-state index in [4.69, 9.17) is 25.6 Å². The highest BCUT2D eigenvalue weighted by atomic mass is 35.5. The van der Waals surface area contributed by atoms with Crippen LogP contribution in [0.5, 0.6) is 11.5 Å². The first kappa shape index (κ1) is 33.7. The van der Waals surface area contributed by atoms with Crippen molar-refractivity contribution in [2.24, 2.45) is 0 Å². The largest absolute Gasteiger partial charge is 0.454 e. The van der Waals surface area contributed by atoms with Crippen molar-refractivity contribution in [3.63, 3.8) is 0 Å². The molecule has 3 N–H and O–H groups in total. The first-order valence-electron chi connectivity index (χ1n) is 15.5. The Balaban J connectivity index is 1.22. The minimum atomic E-state index is -4.19. The Morgan fingerprint density at radius 3 is 2.18 bits per heavy atom. The van der Waals surface area contributed by atoms with Crippen LogP contribution in [0.2, 0.25) is 5.02 Å². The van der Waals surface area contributed by atoms with E-state index in [2.05, 4.69) is 10.6 Å². The molecular weight excluding hydrogens is 664 g/mol. The summed E-state index contributed by atoms with van der Waals surface area (Å²) in [4.78, 5) is 26.4. The molecule has 1 unspecified atom stereocenters. The third kappa shape index (κ3) is 8.47. The molecule has 0 spiro atoms. The van der Waals surface area contributed by atoms with Crippen LogP contribution in [0, 0.1) is 6.92 Å². The van der Waals surface area contributed by atoms with E-state index in [0.29, 0.717) is 34.2 Å². The number of nitrogens with one attached hydrogen (secondary N) is 2. The van der Waals surface area contributed by atoms with Gasteiger partial charge in [0, 0.05) is 22.8 Å². The highest BCUT2D eigenvalue weighted by Gasteiger charge is 2.23. The first-order chi connectivity index (χ1) is 23.5. The number of amides is 2. The zero-order chi connectivity index (χ0) is 34.5.